The van der Waals surface area contributed by atoms with Crippen LogP contribution in [0, 0.1) is 0 Å². The zero-order chi connectivity index (χ0) is 37.0. The molecule has 4 heteroatoms. The first-order valence-corrected chi connectivity index (χ1v) is 21.9. The molecular weight excluding hydrogens is 629 g/mol. The molecule has 0 fully saturated rings. The SMILES string of the molecule is CC/C=C\C/C=C\C/C=C\C/C=C\C/C=C\CCCCCCOCC(CO)OC(=O)CCCCCCCCCCCCCCCCCCCCC. The number of carbonyl (C=O) groups is 1. The van der Waals surface area contributed by atoms with Crippen LogP contribution in [0.25, 0.3) is 0 Å². The van der Waals surface area contributed by atoms with Gasteiger partial charge in [-0.15, -0.1) is 0 Å². The van der Waals surface area contributed by atoms with Gasteiger partial charge < -0.3 is 14.6 Å². The first-order chi connectivity index (χ1) is 25.2. The molecule has 296 valence electrons. The van der Waals surface area contributed by atoms with Crippen LogP contribution in [-0.4, -0.2) is 37.0 Å². The van der Waals surface area contributed by atoms with Gasteiger partial charge in [-0.2, -0.15) is 0 Å². The Morgan fingerprint density at radius 1 is 0.490 bits per heavy atom. The van der Waals surface area contributed by atoms with Crippen LogP contribution in [0.5, 0.6) is 0 Å². The van der Waals surface area contributed by atoms with Crippen LogP contribution in [0.1, 0.15) is 206 Å². The average Bonchev–Trinajstić information content (AvgIpc) is 3.14. The summed E-state index contributed by atoms with van der Waals surface area (Å²) in [6.45, 7) is 5.19. The van der Waals surface area contributed by atoms with Crippen molar-refractivity contribution in [2.24, 2.45) is 0 Å². The van der Waals surface area contributed by atoms with Gasteiger partial charge in [-0.25, -0.2) is 0 Å². The molecule has 1 N–H and O–H groups in total. The van der Waals surface area contributed by atoms with Crippen LogP contribution in [0.4, 0.5) is 0 Å². The van der Waals surface area contributed by atoms with E-state index in [0.717, 1.165) is 64.2 Å². The fourth-order valence-corrected chi connectivity index (χ4v) is 6.12. The highest BCUT2D eigenvalue weighted by molar-refractivity contribution is 5.69. The maximum Gasteiger partial charge on any atom is 0.306 e. The first-order valence-electron chi connectivity index (χ1n) is 21.9. The van der Waals surface area contributed by atoms with Gasteiger partial charge in [0.2, 0.25) is 0 Å². The molecule has 0 saturated carbocycles. The Morgan fingerprint density at radius 2 is 0.882 bits per heavy atom. The van der Waals surface area contributed by atoms with Gasteiger partial charge in [0, 0.05) is 13.0 Å². The summed E-state index contributed by atoms with van der Waals surface area (Å²) in [5, 5.41) is 9.61. The van der Waals surface area contributed by atoms with E-state index in [2.05, 4.69) is 74.6 Å². The highest BCUT2D eigenvalue weighted by atomic mass is 16.6. The summed E-state index contributed by atoms with van der Waals surface area (Å²) in [6.07, 6.45) is 58.5. The normalized spacial score (nSPS) is 12.9. The number of aliphatic hydroxyl groups is 1. The highest BCUT2D eigenvalue weighted by Gasteiger charge is 2.13. The Labute approximate surface area is 317 Å². The molecule has 1 unspecified atom stereocenters. The minimum absolute atomic E-state index is 0.182. The molecule has 0 spiro atoms. The molecule has 0 heterocycles. The molecule has 0 aliphatic rings. The van der Waals surface area contributed by atoms with Gasteiger partial charge in [0.05, 0.1) is 13.2 Å². The first kappa shape index (κ1) is 49.1. The summed E-state index contributed by atoms with van der Waals surface area (Å²) in [5.41, 5.74) is 0. The van der Waals surface area contributed by atoms with E-state index in [-0.39, 0.29) is 19.2 Å². The molecule has 0 aliphatic carbocycles. The molecule has 4 nitrogen and oxygen atoms in total. The molecule has 0 aromatic carbocycles. The predicted molar refractivity (Wildman–Crippen MR) is 223 cm³/mol. The van der Waals surface area contributed by atoms with E-state index in [4.69, 9.17) is 9.47 Å². The van der Waals surface area contributed by atoms with Crippen molar-refractivity contribution < 1.29 is 19.4 Å². The van der Waals surface area contributed by atoms with Crippen LogP contribution >= 0.6 is 0 Å². The predicted octanol–water partition coefficient (Wildman–Crippen LogP) is 14.4. The number of hydrogen-bond donors (Lipinski definition) is 1. The van der Waals surface area contributed by atoms with Crippen molar-refractivity contribution in [2.75, 3.05) is 19.8 Å². The number of allylic oxidation sites excluding steroid dienone is 10. The van der Waals surface area contributed by atoms with Crippen molar-refractivity contribution in [1.82, 2.24) is 0 Å². The maximum atomic E-state index is 12.2. The lowest BCUT2D eigenvalue weighted by atomic mass is 10.0. The number of aliphatic hydroxyl groups excluding tert-OH is 1. The van der Waals surface area contributed by atoms with Crippen molar-refractivity contribution in [3.8, 4) is 0 Å². The summed E-state index contributed by atoms with van der Waals surface area (Å²) in [7, 11) is 0. The van der Waals surface area contributed by atoms with Gasteiger partial charge in [-0.05, 0) is 57.8 Å². The molecule has 0 amide bonds. The number of esters is 1. The zero-order valence-electron chi connectivity index (χ0n) is 33.9. The van der Waals surface area contributed by atoms with Crippen LogP contribution in [0.15, 0.2) is 60.8 Å². The number of unbranched alkanes of at least 4 members (excludes halogenated alkanes) is 22. The third-order valence-corrected chi connectivity index (χ3v) is 9.36. The van der Waals surface area contributed by atoms with Crippen LogP contribution in [-0.2, 0) is 14.3 Å². The summed E-state index contributed by atoms with van der Waals surface area (Å²) in [4.78, 5) is 12.2. The topological polar surface area (TPSA) is 55.8 Å². The second kappa shape index (κ2) is 44.3. The average molecular weight is 713 g/mol. The van der Waals surface area contributed by atoms with Gasteiger partial charge in [0.1, 0.15) is 6.10 Å². The van der Waals surface area contributed by atoms with Crippen LogP contribution in [0.3, 0.4) is 0 Å². The van der Waals surface area contributed by atoms with Crippen LogP contribution < -0.4 is 0 Å². The highest BCUT2D eigenvalue weighted by Crippen LogP contribution is 2.15. The lowest BCUT2D eigenvalue weighted by molar-refractivity contribution is -0.154. The molecule has 0 saturated heterocycles. The van der Waals surface area contributed by atoms with Crippen molar-refractivity contribution >= 4 is 5.97 Å². The van der Waals surface area contributed by atoms with Gasteiger partial charge in [0.25, 0.3) is 0 Å². The third kappa shape index (κ3) is 42.4. The maximum absolute atomic E-state index is 12.2. The Morgan fingerprint density at radius 3 is 1.33 bits per heavy atom. The monoisotopic (exact) mass is 713 g/mol. The van der Waals surface area contributed by atoms with Crippen molar-refractivity contribution in [2.45, 2.75) is 213 Å². The van der Waals surface area contributed by atoms with Gasteiger partial charge >= 0.3 is 5.97 Å². The Balaban J connectivity index is 3.48. The fourth-order valence-electron chi connectivity index (χ4n) is 6.12. The van der Waals surface area contributed by atoms with E-state index in [0.29, 0.717) is 13.0 Å². The van der Waals surface area contributed by atoms with Crippen molar-refractivity contribution in [3.63, 3.8) is 0 Å². The lowest BCUT2D eigenvalue weighted by Crippen LogP contribution is -2.27. The van der Waals surface area contributed by atoms with E-state index in [1.165, 1.54) is 122 Å². The smallest absolute Gasteiger partial charge is 0.306 e. The Hall–Kier alpha value is -1.91. The molecule has 0 aromatic heterocycles. The van der Waals surface area contributed by atoms with Gasteiger partial charge in [-0.3, -0.25) is 4.79 Å². The quantitative estimate of drug-likeness (QED) is 0.0390. The molecular formula is C47H84O4. The van der Waals surface area contributed by atoms with E-state index < -0.39 is 6.10 Å². The second-order valence-electron chi connectivity index (χ2n) is 14.4. The third-order valence-electron chi connectivity index (χ3n) is 9.36. The van der Waals surface area contributed by atoms with E-state index in [9.17, 15) is 9.90 Å². The molecule has 0 bridgehead atoms. The molecule has 0 rings (SSSR count). The number of ether oxygens (including phenoxy) is 2. The van der Waals surface area contributed by atoms with Crippen molar-refractivity contribution in [1.29, 1.82) is 0 Å². The standard InChI is InChI=1S/C47H84O4/c1-3-5-7-9-11-13-15-17-19-21-23-25-27-29-31-33-35-37-39-41-43-50-45-46(44-48)51-47(49)42-40-38-36-34-32-30-28-26-24-22-20-18-16-14-12-10-8-6-4-2/h5,7,11,13,17,19,23,25,29,31,46,48H,3-4,6,8-10,12,14-16,18,20-22,24,26-28,30,32-45H2,1-2H3/b7-5-,13-11-,19-17-,25-23-,31-29-. The largest absolute Gasteiger partial charge is 0.457 e. The van der Waals surface area contributed by atoms with Crippen LogP contribution in [0.2, 0.25) is 0 Å². The Kier molecular flexibility index (Phi) is 42.6. The van der Waals surface area contributed by atoms with E-state index in [1.807, 2.05) is 0 Å². The molecule has 0 aliphatic heterocycles. The number of carbonyl (C=O) groups excluding carboxylic acids is 1. The molecule has 0 radical (unpaired) electrons. The Bertz CT molecular complexity index is 839. The van der Waals surface area contributed by atoms with Gasteiger partial charge in [0.15, 0.2) is 0 Å². The number of hydrogen-bond acceptors (Lipinski definition) is 4. The fraction of sp³-hybridized carbons (Fsp3) is 0.766. The zero-order valence-corrected chi connectivity index (χ0v) is 33.9. The minimum Gasteiger partial charge on any atom is -0.457 e. The molecule has 0 aromatic rings. The molecule has 1 atom stereocenters. The van der Waals surface area contributed by atoms with Crippen molar-refractivity contribution in [3.05, 3.63) is 60.8 Å². The second-order valence-corrected chi connectivity index (χ2v) is 14.4. The summed E-state index contributed by atoms with van der Waals surface area (Å²) in [6, 6.07) is 0. The lowest BCUT2D eigenvalue weighted by Gasteiger charge is -2.15. The minimum atomic E-state index is -0.548. The van der Waals surface area contributed by atoms with E-state index in [1.54, 1.807) is 0 Å². The summed E-state index contributed by atoms with van der Waals surface area (Å²) >= 11 is 0. The summed E-state index contributed by atoms with van der Waals surface area (Å²) in [5.74, 6) is -0.209. The molecule has 51 heavy (non-hydrogen) atoms. The van der Waals surface area contributed by atoms with Gasteiger partial charge in [-0.1, -0.05) is 203 Å². The summed E-state index contributed by atoms with van der Waals surface area (Å²) < 4.78 is 11.1. The van der Waals surface area contributed by atoms with E-state index >= 15 is 0 Å². The number of rotatable bonds is 40.